The molecule has 0 aliphatic heterocycles. The summed E-state index contributed by atoms with van der Waals surface area (Å²) in [6.07, 6.45) is 0.822. The lowest BCUT2D eigenvalue weighted by Crippen LogP contribution is -2.25. The van der Waals surface area contributed by atoms with Gasteiger partial charge in [0.05, 0.1) is 10.5 Å². The lowest BCUT2D eigenvalue weighted by Gasteiger charge is -2.18. The van der Waals surface area contributed by atoms with Crippen LogP contribution >= 0.6 is 27.5 Å². The van der Waals surface area contributed by atoms with E-state index in [4.69, 9.17) is 16.0 Å². The highest BCUT2D eigenvalue weighted by Gasteiger charge is 2.25. The summed E-state index contributed by atoms with van der Waals surface area (Å²) in [4.78, 5) is 0. The summed E-state index contributed by atoms with van der Waals surface area (Å²) in [5, 5.41) is 3.25. The quantitative estimate of drug-likeness (QED) is 0.750. The van der Waals surface area contributed by atoms with Gasteiger partial charge < -0.3 is 9.73 Å². The van der Waals surface area contributed by atoms with E-state index in [1.54, 1.807) is 12.1 Å². The van der Waals surface area contributed by atoms with Gasteiger partial charge in [0.1, 0.15) is 17.4 Å². The Kier molecular flexibility index (Phi) is 5.18. The Labute approximate surface area is 129 Å². The molecule has 0 aliphatic rings. The lowest BCUT2D eigenvalue weighted by molar-refractivity contribution is 0.422. The zero-order valence-electron chi connectivity index (χ0n) is 10.7. The molecule has 108 valence electrons. The van der Waals surface area contributed by atoms with Gasteiger partial charge >= 0.3 is 0 Å². The highest BCUT2D eigenvalue weighted by atomic mass is 79.9. The van der Waals surface area contributed by atoms with Gasteiger partial charge in [-0.05, 0) is 64.8 Å². The summed E-state index contributed by atoms with van der Waals surface area (Å²) in [7, 11) is 0. The normalized spacial score (nSPS) is 12.7. The molecule has 0 spiro atoms. The fourth-order valence-electron chi connectivity index (χ4n) is 1.92. The van der Waals surface area contributed by atoms with Crippen molar-refractivity contribution in [3.05, 3.63) is 56.9 Å². The molecule has 0 fully saturated rings. The van der Waals surface area contributed by atoms with Gasteiger partial charge in [0, 0.05) is 5.56 Å². The van der Waals surface area contributed by atoms with Gasteiger partial charge in [-0.1, -0.05) is 6.92 Å². The second-order valence-electron chi connectivity index (χ2n) is 4.29. The summed E-state index contributed by atoms with van der Waals surface area (Å²) in [6, 6.07) is 4.98. The highest BCUT2D eigenvalue weighted by Crippen LogP contribution is 2.32. The van der Waals surface area contributed by atoms with Crippen LogP contribution < -0.4 is 5.32 Å². The zero-order valence-corrected chi connectivity index (χ0v) is 13.1. The smallest absolute Gasteiger partial charge is 0.193 e. The van der Waals surface area contributed by atoms with Crippen molar-refractivity contribution in [3.8, 4) is 0 Å². The van der Waals surface area contributed by atoms with Gasteiger partial charge in [0.25, 0.3) is 0 Å². The molecule has 6 heteroatoms. The minimum Gasteiger partial charge on any atom is -0.448 e. The molecule has 0 saturated carbocycles. The summed E-state index contributed by atoms with van der Waals surface area (Å²) in [5.41, 5.74) is -0.0844. The molecule has 2 rings (SSSR count). The molecular formula is C14H13BrClF2NO. The summed E-state index contributed by atoms with van der Waals surface area (Å²) < 4.78 is 33.8. The number of nitrogens with one attached hydrogen (secondary N) is 1. The number of hydrogen-bond acceptors (Lipinski definition) is 2. The van der Waals surface area contributed by atoms with Crippen molar-refractivity contribution in [3.63, 3.8) is 0 Å². The maximum Gasteiger partial charge on any atom is 0.193 e. The molecule has 20 heavy (non-hydrogen) atoms. The Morgan fingerprint density at radius 2 is 2.05 bits per heavy atom. The van der Waals surface area contributed by atoms with Gasteiger partial charge in [0.2, 0.25) is 0 Å². The zero-order chi connectivity index (χ0) is 14.7. The van der Waals surface area contributed by atoms with Crippen LogP contribution in [0.15, 0.2) is 33.2 Å². The van der Waals surface area contributed by atoms with Crippen LogP contribution in [0.1, 0.15) is 30.7 Å². The maximum absolute atomic E-state index is 14.2. The van der Waals surface area contributed by atoms with E-state index in [2.05, 4.69) is 21.2 Å². The Balaban J connectivity index is 2.49. The third kappa shape index (κ3) is 3.22. The Hall–Kier alpha value is -0.910. The standard InChI is InChI=1S/C14H13BrClF2NO/c1-2-7-19-14(10-5-6-11(16)20-10)12-9(17)4-3-8(15)13(12)18/h3-6,14,19H,2,7H2,1H3. The largest absolute Gasteiger partial charge is 0.448 e. The van der Waals surface area contributed by atoms with Crippen LogP contribution in [0.25, 0.3) is 0 Å². The van der Waals surface area contributed by atoms with E-state index < -0.39 is 17.7 Å². The van der Waals surface area contributed by atoms with Gasteiger partial charge in [-0.2, -0.15) is 0 Å². The average molecular weight is 365 g/mol. The summed E-state index contributed by atoms with van der Waals surface area (Å²) in [5.74, 6) is -0.905. The van der Waals surface area contributed by atoms with Crippen molar-refractivity contribution >= 4 is 27.5 Å². The van der Waals surface area contributed by atoms with Gasteiger partial charge in [0.15, 0.2) is 5.22 Å². The Morgan fingerprint density at radius 1 is 1.30 bits per heavy atom. The molecule has 2 aromatic rings. The van der Waals surface area contributed by atoms with E-state index in [1.165, 1.54) is 12.1 Å². The monoisotopic (exact) mass is 363 g/mol. The van der Waals surface area contributed by atoms with Gasteiger partial charge in [-0.15, -0.1) is 0 Å². The predicted octanol–water partition coefficient (Wildman–Crippen LogP) is 5.06. The van der Waals surface area contributed by atoms with Crippen molar-refractivity contribution in [2.24, 2.45) is 0 Å². The lowest BCUT2D eigenvalue weighted by atomic mass is 10.0. The van der Waals surface area contributed by atoms with E-state index in [0.29, 0.717) is 12.3 Å². The predicted molar refractivity (Wildman–Crippen MR) is 77.9 cm³/mol. The molecule has 1 N–H and O–H groups in total. The van der Waals surface area contributed by atoms with Gasteiger partial charge in [-0.25, -0.2) is 8.78 Å². The molecule has 1 unspecified atom stereocenters. The molecular weight excluding hydrogens is 352 g/mol. The van der Waals surface area contributed by atoms with Crippen LogP contribution in [0.4, 0.5) is 8.78 Å². The van der Waals surface area contributed by atoms with Crippen LogP contribution in [0.5, 0.6) is 0 Å². The SMILES string of the molecule is CCCNC(c1ccc(Cl)o1)c1c(F)ccc(Br)c1F. The van der Waals surface area contributed by atoms with Crippen LogP contribution in [-0.4, -0.2) is 6.54 Å². The number of benzene rings is 1. The van der Waals surface area contributed by atoms with Crippen molar-refractivity contribution in [2.75, 3.05) is 6.54 Å². The minimum atomic E-state index is -0.722. The molecule has 0 amide bonds. The van der Waals surface area contributed by atoms with E-state index in [9.17, 15) is 8.78 Å². The third-order valence-corrected chi connectivity index (χ3v) is 3.66. The van der Waals surface area contributed by atoms with E-state index >= 15 is 0 Å². The van der Waals surface area contributed by atoms with Crippen molar-refractivity contribution in [1.82, 2.24) is 5.32 Å². The van der Waals surface area contributed by atoms with Crippen LogP contribution in [0.2, 0.25) is 5.22 Å². The first kappa shape index (κ1) is 15.5. The van der Waals surface area contributed by atoms with E-state index in [0.717, 1.165) is 6.42 Å². The van der Waals surface area contributed by atoms with E-state index in [-0.39, 0.29) is 15.3 Å². The highest BCUT2D eigenvalue weighted by molar-refractivity contribution is 9.10. The number of rotatable bonds is 5. The third-order valence-electron chi connectivity index (χ3n) is 2.85. The Morgan fingerprint density at radius 3 is 2.65 bits per heavy atom. The molecule has 1 heterocycles. The molecule has 1 atom stereocenters. The first-order valence-corrected chi connectivity index (χ1v) is 7.33. The van der Waals surface area contributed by atoms with Crippen LogP contribution in [0, 0.1) is 11.6 Å². The van der Waals surface area contributed by atoms with Crippen LogP contribution in [-0.2, 0) is 0 Å². The van der Waals surface area contributed by atoms with Crippen LogP contribution in [0.3, 0.4) is 0 Å². The maximum atomic E-state index is 14.2. The summed E-state index contributed by atoms with van der Waals surface area (Å²) in [6.45, 7) is 2.56. The van der Waals surface area contributed by atoms with Gasteiger partial charge in [-0.3, -0.25) is 0 Å². The molecule has 0 saturated heterocycles. The van der Waals surface area contributed by atoms with Crippen molar-refractivity contribution < 1.29 is 13.2 Å². The molecule has 2 nitrogen and oxygen atoms in total. The van der Waals surface area contributed by atoms with Crippen molar-refractivity contribution in [2.45, 2.75) is 19.4 Å². The van der Waals surface area contributed by atoms with Crippen molar-refractivity contribution in [1.29, 1.82) is 0 Å². The second-order valence-corrected chi connectivity index (χ2v) is 5.51. The fraction of sp³-hybridized carbons (Fsp3) is 0.286. The summed E-state index contributed by atoms with van der Waals surface area (Å²) >= 11 is 8.81. The molecule has 0 aliphatic carbocycles. The number of hydrogen-bond donors (Lipinski definition) is 1. The fourth-order valence-corrected chi connectivity index (χ4v) is 2.42. The molecule has 1 aromatic heterocycles. The minimum absolute atomic E-state index is 0.0844. The average Bonchev–Trinajstić information content (AvgIpc) is 2.84. The first-order valence-electron chi connectivity index (χ1n) is 6.16. The Bertz CT molecular complexity index is 603. The molecule has 0 bridgehead atoms. The second kappa shape index (κ2) is 6.70. The number of furan rings is 1. The topological polar surface area (TPSA) is 25.2 Å². The number of halogens is 4. The molecule has 0 radical (unpaired) electrons. The van der Waals surface area contributed by atoms with E-state index in [1.807, 2.05) is 6.92 Å². The first-order chi connectivity index (χ1) is 9.54. The molecule has 1 aromatic carbocycles.